The Morgan fingerprint density at radius 2 is 1.47 bits per heavy atom. The Morgan fingerprint density at radius 3 is 2.06 bits per heavy atom. The summed E-state index contributed by atoms with van der Waals surface area (Å²) in [5, 5.41) is 7.76. The van der Waals surface area contributed by atoms with Crippen molar-refractivity contribution in [3.05, 3.63) is 60.3 Å². The molecule has 5 aromatic rings. The van der Waals surface area contributed by atoms with E-state index in [-0.39, 0.29) is 22.9 Å². The number of fused-ring (bicyclic) bond motifs is 1. The van der Waals surface area contributed by atoms with Gasteiger partial charge in [-0.25, -0.2) is 4.98 Å². The van der Waals surface area contributed by atoms with E-state index < -0.39 is 35.5 Å². The molecule has 0 amide bonds. The molecule has 0 fully saturated rings. The summed E-state index contributed by atoms with van der Waals surface area (Å²) in [7, 11) is 0. The summed E-state index contributed by atoms with van der Waals surface area (Å²) in [5.74, 6) is -1.21. The van der Waals surface area contributed by atoms with Gasteiger partial charge in [-0.05, 0) is 30.3 Å². The maximum atomic E-state index is 13.6. The first-order chi connectivity index (χ1) is 15.1. The SMILES string of the molecule is FC(F)(F)c1cc(-c2ccco2)n2nc(-n3nc(-c4ccco4)cc3C(F)(F)F)nc2n1. The fourth-order valence-electron chi connectivity index (χ4n) is 2.97. The zero-order chi connectivity index (χ0) is 22.7. The van der Waals surface area contributed by atoms with Crippen LogP contribution in [-0.2, 0) is 12.4 Å². The second kappa shape index (κ2) is 6.70. The van der Waals surface area contributed by atoms with E-state index in [1.807, 2.05) is 0 Å². The molecule has 14 heteroatoms. The molecule has 0 aliphatic rings. The number of rotatable bonds is 3. The normalized spacial score (nSPS) is 12.7. The summed E-state index contributed by atoms with van der Waals surface area (Å²) in [5.41, 5.74) is -2.95. The van der Waals surface area contributed by atoms with Crippen LogP contribution in [0.15, 0.2) is 57.8 Å². The van der Waals surface area contributed by atoms with Gasteiger partial charge in [0.1, 0.15) is 11.4 Å². The van der Waals surface area contributed by atoms with Crippen molar-refractivity contribution in [2.24, 2.45) is 0 Å². The number of hydrogen-bond acceptors (Lipinski definition) is 6. The average molecular weight is 454 g/mol. The molecule has 0 N–H and O–H groups in total. The van der Waals surface area contributed by atoms with Gasteiger partial charge < -0.3 is 8.83 Å². The highest BCUT2D eigenvalue weighted by molar-refractivity contribution is 5.58. The highest BCUT2D eigenvalue weighted by atomic mass is 19.4. The minimum Gasteiger partial charge on any atom is -0.463 e. The summed E-state index contributed by atoms with van der Waals surface area (Å²) in [4.78, 5) is 7.16. The van der Waals surface area contributed by atoms with E-state index in [4.69, 9.17) is 8.83 Å². The van der Waals surface area contributed by atoms with Gasteiger partial charge in [-0.15, -0.1) is 5.10 Å². The summed E-state index contributed by atoms with van der Waals surface area (Å²) >= 11 is 0. The summed E-state index contributed by atoms with van der Waals surface area (Å²) in [6, 6.07) is 7.02. The van der Waals surface area contributed by atoms with Crippen LogP contribution < -0.4 is 0 Å². The molecule has 5 aromatic heterocycles. The van der Waals surface area contributed by atoms with Crippen molar-refractivity contribution < 1.29 is 35.2 Å². The van der Waals surface area contributed by atoms with Crippen LogP contribution in [0.3, 0.4) is 0 Å². The lowest BCUT2D eigenvalue weighted by Crippen LogP contribution is -2.14. The highest BCUT2D eigenvalue weighted by Crippen LogP contribution is 2.35. The van der Waals surface area contributed by atoms with Gasteiger partial charge in [-0.1, -0.05) is 0 Å². The zero-order valence-electron chi connectivity index (χ0n) is 15.4. The molecule has 5 rings (SSSR count). The summed E-state index contributed by atoms with van der Waals surface area (Å²) < 4.78 is 92.3. The molecule has 0 unspecified atom stereocenters. The Labute approximate surface area is 172 Å². The van der Waals surface area contributed by atoms with Gasteiger partial charge in [0.05, 0.1) is 12.5 Å². The second-order valence-corrected chi connectivity index (χ2v) is 6.43. The topological polar surface area (TPSA) is 87.2 Å². The standard InChI is InChI=1S/C18H8F6N6O2/c19-17(20,21)13-8-10(12-4-2-6-32-12)29-15(25-13)26-16(28-29)30-14(18(22,23)24)7-9(27-30)11-3-1-5-31-11/h1-8H. The minimum atomic E-state index is -4.87. The third-order valence-electron chi connectivity index (χ3n) is 4.33. The molecule has 5 heterocycles. The van der Waals surface area contributed by atoms with Crippen molar-refractivity contribution in [1.82, 2.24) is 29.4 Å². The molecule has 0 radical (unpaired) electrons. The van der Waals surface area contributed by atoms with Crippen LogP contribution >= 0.6 is 0 Å². The van der Waals surface area contributed by atoms with E-state index in [0.717, 1.165) is 4.52 Å². The Balaban J connectivity index is 1.75. The maximum Gasteiger partial charge on any atom is 0.433 e. The van der Waals surface area contributed by atoms with E-state index in [0.29, 0.717) is 16.8 Å². The van der Waals surface area contributed by atoms with Crippen molar-refractivity contribution in [3.8, 4) is 28.9 Å². The molecule has 0 spiro atoms. The number of furan rings is 2. The van der Waals surface area contributed by atoms with Gasteiger partial charge in [0, 0.05) is 6.07 Å². The van der Waals surface area contributed by atoms with E-state index in [1.54, 1.807) is 0 Å². The molecule has 0 atom stereocenters. The van der Waals surface area contributed by atoms with Gasteiger partial charge >= 0.3 is 12.4 Å². The number of nitrogens with zero attached hydrogens (tertiary/aromatic N) is 6. The lowest BCUT2D eigenvalue weighted by atomic mass is 10.2. The third kappa shape index (κ3) is 3.29. The Hall–Kier alpha value is -4.10. The second-order valence-electron chi connectivity index (χ2n) is 6.43. The molecule has 0 bridgehead atoms. The largest absolute Gasteiger partial charge is 0.463 e. The van der Waals surface area contributed by atoms with E-state index in [2.05, 4.69) is 20.2 Å². The molecule has 0 saturated carbocycles. The van der Waals surface area contributed by atoms with Crippen molar-refractivity contribution in [3.63, 3.8) is 0 Å². The number of aromatic nitrogens is 6. The quantitative estimate of drug-likeness (QED) is 0.362. The van der Waals surface area contributed by atoms with Crippen LogP contribution in [0.25, 0.3) is 34.6 Å². The van der Waals surface area contributed by atoms with Crippen molar-refractivity contribution in [1.29, 1.82) is 0 Å². The Kier molecular flexibility index (Phi) is 4.15. The monoisotopic (exact) mass is 454 g/mol. The summed E-state index contributed by atoms with van der Waals surface area (Å²) in [6.07, 6.45) is -7.24. The minimum absolute atomic E-state index is 0.0212. The fraction of sp³-hybridized carbons (Fsp3) is 0.111. The molecule has 0 aliphatic carbocycles. The lowest BCUT2D eigenvalue weighted by molar-refractivity contribution is -0.143. The predicted molar refractivity (Wildman–Crippen MR) is 93.3 cm³/mol. The average Bonchev–Trinajstić information content (AvgIpc) is 3.52. The van der Waals surface area contributed by atoms with E-state index in [1.165, 1.54) is 36.8 Å². The Morgan fingerprint density at radius 1 is 0.781 bits per heavy atom. The molecular weight excluding hydrogens is 446 g/mol. The number of halogens is 6. The molecule has 32 heavy (non-hydrogen) atoms. The van der Waals surface area contributed by atoms with Crippen LogP contribution in [0.4, 0.5) is 26.3 Å². The van der Waals surface area contributed by atoms with Crippen LogP contribution in [0, 0.1) is 0 Å². The first-order valence-corrected chi connectivity index (χ1v) is 8.71. The lowest BCUT2D eigenvalue weighted by Gasteiger charge is -2.07. The van der Waals surface area contributed by atoms with E-state index >= 15 is 0 Å². The molecule has 0 aromatic carbocycles. The molecular formula is C18H8F6N6O2. The molecule has 164 valence electrons. The van der Waals surface area contributed by atoms with Crippen molar-refractivity contribution in [2.45, 2.75) is 12.4 Å². The molecule has 0 aliphatic heterocycles. The smallest absolute Gasteiger partial charge is 0.433 e. The van der Waals surface area contributed by atoms with Crippen LogP contribution in [-0.4, -0.2) is 29.4 Å². The predicted octanol–water partition coefficient (Wildman–Crippen LogP) is 4.87. The van der Waals surface area contributed by atoms with Gasteiger partial charge in [0.15, 0.2) is 22.9 Å². The van der Waals surface area contributed by atoms with Gasteiger partial charge in [0.25, 0.3) is 11.7 Å². The van der Waals surface area contributed by atoms with Gasteiger partial charge in [-0.3, -0.25) is 0 Å². The molecule has 8 nitrogen and oxygen atoms in total. The van der Waals surface area contributed by atoms with Crippen molar-refractivity contribution in [2.75, 3.05) is 0 Å². The summed E-state index contributed by atoms with van der Waals surface area (Å²) in [6.45, 7) is 0. The highest BCUT2D eigenvalue weighted by Gasteiger charge is 2.38. The van der Waals surface area contributed by atoms with Gasteiger partial charge in [-0.2, -0.15) is 45.6 Å². The maximum absolute atomic E-state index is 13.6. The van der Waals surface area contributed by atoms with Crippen LogP contribution in [0.2, 0.25) is 0 Å². The first-order valence-electron chi connectivity index (χ1n) is 8.71. The number of alkyl halides is 6. The number of hydrogen-bond donors (Lipinski definition) is 0. The van der Waals surface area contributed by atoms with E-state index in [9.17, 15) is 26.3 Å². The fourth-order valence-corrected chi connectivity index (χ4v) is 2.97. The molecule has 0 saturated heterocycles. The van der Waals surface area contributed by atoms with Crippen LogP contribution in [0.1, 0.15) is 11.4 Å². The zero-order valence-corrected chi connectivity index (χ0v) is 15.4. The Bertz CT molecular complexity index is 1400. The first kappa shape index (κ1) is 19.8. The van der Waals surface area contributed by atoms with Gasteiger partial charge in [0.2, 0.25) is 0 Å². The van der Waals surface area contributed by atoms with Crippen molar-refractivity contribution >= 4 is 5.78 Å². The van der Waals surface area contributed by atoms with Crippen LogP contribution in [0.5, 0.6) is 0 Å². The third-order valence-corrected chi connectivity index (χ3v) is 4.33.